The zero-order chi connectivity index (χ0) is 9.35. The Morgan fingerprint density at radius 1 is 1.54 bits per heavy atom. The third-order valence-electron chi connectivity index (χ3n) is 1.07. The summed E-state index contributed by atoms with van der Waals surface area (Å²) in [6.45, 7) is 0. The number of rotatable bonds is 1. The Morgan fingerprint density at radius 2 is 2.08 bits per heavy atom. The quantitative estimate of drug-likeness (QED) is 0.479. The average molecular weight is 297 g/mol. The summed E-state index contributed by atoms with van der Waals surface area (Å²) in [6.07, 6.45) is 1.01. The van der Waals surface area contributed by atoms with E-state index in [2.05, 4.69) is 20.9 Å². The van der Waals surface area contributed by atoms with Crippen molar-refractivity contribution in [2.45, 2.75) is 4.90 Å². The standard InChI is InChI=1S/C5H3BrClNO3S.Na.H/c6-5-4(7)1-3(2-8-5)12(9,10)11;;/h1-2H,(H,9,10,11);;. The molecule has 1 heterocycles. The number of hydrogen-bond donors (Lipinski definition) is 1. The Labute approximate surface area is 111 Å². The van der Waals surface area contributed by atoms with Gasteiger partial charge in [0.15, 0.2) is 0 Å². The average Bonchev–Trinajstić information content (AvgIpc) is 1.92. The molecule has 0 aromatic carbocycles. The molecule has 0 aliphatic rings. The van der Waals surface area contributed by atoms with Gasteiger partial charge in [0.25, 0.3) is 10.1 Å². The Morgan fingerprint density at radius 3 is 2.46 bits per heavy atom. The molecule has 1 aromatic heterocycles. The second-order valence-electron chi connectivity index (χ2n) is 1.92. The van der Waals surface area contributed by atoms with E-state index < -0.39 is 10.1 Å². The molecule has 4 nitrogen and oxygen atoms in total. The molecule has 1 rings (SSSR count). The molecule has 0 fully saturated rings. The number of hydrogen-bond acceptors (Lipinski definition) is 3. The van der Waals surface area contributed by atoms with Crippen molar-refractivity contribution < 1.29 is 13.0 Å². The van der Waals surface area contributed by atoms with E-state index in [1.807, 2.05) is 0 Å². The molecule has 0 radical (unpaired) electrons. The monoisotopic (exact) mass is 295 g/mol. The van der Waals surface area contributed by atoms with Crippen LogP contribution in [0.2, 0.25) is 5.02 Å². The summed E-state index contributed by atoms with van der Waals surface area (Å²) in [5.74, 6) is 0. The van der Waals surface area contributed by atoms with Gasteiger partial charge in [0.1, 0.15) is 9.50 Å². The van der Waals surface area contributed by atoms with Gasteiger partial charge in [0.2, 0.25) is 0 Å². The van der Waals surface area contributed by atoms with Gasteiger partial charge in [-0.05, 0) is 22.0 Å². The number of aromatic nitrogens is 1. The van der Waals surface area contributed by atoms with Crippen molar-refractivity contribution in [2.24, 2.45) is 0 Å². The molecule has 0 aliphatic carbocycles. The van der Waals surface area contributed by atoms with E-state index in [-0.39, 0.29) is 39.5 Å². The minimum atomic E-state index is -4.21. The molecule has 13 heavy (non-hydrogen) atoms. The molecule has 0 bridgehead atoms. The first kappa shape index (κ1) is 13.8. The number of halogens is 2. The predicted molar refractivity (Wildman–Crippen MR) is 53.9 cm³/mol. The summed E-state index contributed by atoms with van der Waals surface area (Å²) in [5, 5.41) is 0.130. The van der Waals surface area contributed by atoms with E-state index in [4.69, 9.17) is 16.2 Å². The number of pyridine rings is 1. The van der Waals surface area contributed by atoms with Crippen LogP contribution in [0, 0.1) is 0 Å². The zero-order valence-electron chi connectivity index (χ0n) is 5.53. The first-order chi connectivity index (χ1) is 5.41. The molecule has 0 saturated carbocycles. The van der Waals surface area contributed by atoms with Gasteiger partial charge < -0.3 is 0 Å². The van der Waals surface area contributed by atoms with Crippen LogP contribution in [-0.4, -0.2) is 47.5 Å². The normalized spacial score (nSPS) is 10.7. The summed E-state index contributed by atoms with van der Waals surface area (Å²) in [7, 11) is -4.21. The molecule has 1 aromatic rings. The van der Waals surface area contributed by atoms with Gasteiger partial charge in [-0.25, -0.2) is 4.98 Å². The van der Waals surface area contributed by atoms with Gasteiger partial charge in [-0.3, -0.25) is 4.55 Å². The minimum absolute atomic E-state index is 0. The van der Waals surface area contributed by atoms with Crippen LogP contribution in [0.25, 0.3) is 0 Å². The first-order valence-electron chi connectivity index (χ1n) is 2.70. The molecular formula is C5H4BrClNNaO3S. The molecule has 68 valence electrons. The summed E-state index contributed by atoms with van der Waals surface area (Å²) in [5.41, 5.74) is 0. The van der Waals surface area contributed by atoms with Gasteiger partial charge in [-0.2, -0.15) is 8.42 Å². The zero-order valence-corrected chi connectivity index (χ0v) is 8.69. The molecule has 0 unspecified atom stereocenters. The molecule has 0 atom stereocenters. The van der Waals surface area contributed by atoms with Gasteiger partial charge in [-0.15, -0.1) is 0 Å². The Hall–Kier alpha value is 0.830. The fourth-order valence-corrected chi connectivity index (χ4v) is 1.45. The van der Waals surface area contributed by atoms with Crippen LogP contribution in [0.3, 0.4) is 0 Å². The van der Waals surface area contributed by atoms with E-state index >= 15 is 0 Å². The number of nitrogens with zero attached hydrogens (tertiary/aromatic N) is 1. The van der Waals surface area contributed by atoms with Crippen molar-refractivity contribution in [3.8, 4) is 0 Å². The summed E-state index contributed by atoms with van der Waals surface area (Å²) >= 11 is 8.51. The van der Waals surface area contributed by atoms with E-state index in [0.717, 1.165) is 12.3 Å². The van der Waals surface area contributed by atoms with Crippen LogP contribution in [0.1, 0.15) is 0 Å². The van der Waals surface area contributed by atoms with Crippen LogP contribution >= 0.6 is 27.5 Å². The Balaban J connectivity index is 0.00000144. The van der Waals surface area contributed by atoms with Crippen molar-refractivity contribution in [3.05, 3.63) is 21.9 Å². The van der Waals surface area contributed by atoms with Crippen LogP contribution in [0.15, 0.2) is 21.8 Å². The molecule has 0 aliphatic heterocycles. The van der Waals surface area contributed by atoms with Crippen molar-refractivity contribution in [2.75, 3.05) is 0 Å². The molecule has 0 spiro atoms. The maximum atomic E-state index is 10.5. The van der Waals surface area contributed by atoms with E-state index in [1.54, 1.807) is 0 Å². The van der Waals surface area contributed by atoms with Crippen molar-refractivity contribution >= 4 is 67.2 Å². The topological polar surface area (TPSA) is 67.3 Å². The Bertz CT molecular complexity index is 410. The predicted octanol–water partition coefficient (Wildman–Crippen LogP) is 1.10. The Kier molecular flexibility index (Phi) is 5.39. The third-order valence-corrected chi connectivity index (χ3v) is 3.04. The van der Waals surface area contributed by atoms with Crippen molar-refractivity contribution in [3.63, 3.8) is 0 Å². The van der Waals surface area contributed by atoms with Gasteiger partial charge >= 0.3 is 29.6 Å². The van der Waals surface area contributed by atoms with Gasteiger partial charge in [-0.1, -0.05) is 11.6 Å². The fraction of sp³-hybridized carbons (Fsp3) is 0. The van der Waals surface area contributed by atoms with Crippen LogP contribution in [0.5, 0.6) is 0 Å². The van der Waals surface area contributed by atoms with Crippen molar-refractivity contribution in [1.29, 1.82) is 0 Å². The fourth-order valence-electron chi connectivity index (χ4n) is 0.545. The molecule has 1 N–H and O–H groups in total. The van der Waals surface area contributed by atoms with Crippen molar-refractivity contribution in [1.82, 2.24) is 4.98 Å². The van der Waals surface area contributed by atoms with E-state index in [0.29, 0.717) is 4.60 Å². The molecule has 8 heteroatoms. The van der Waals surface area contributed by atoms with Crippen LogP contribution in [0.4, 0.5) is 0 Å². The van der Waals surface area contributed by atoms with Crippen LogP contribution < -0.4 is 0 Å². The molecule has 0 amide bonds. The second kappa shape index (κ2) is 5.06. The van der Waals surface area contributed by atoms with E-state index in [9.17, 15) is 8.42 Å². The van der Waals surface area contributed by atoms with E-state index in [1.165, 1.54) is 0 Å². The summed E-state index contributed by atoms with van der Waals surface area (Å²) < 4.78 is 30.0. The van der Waals surface area contributed by atoms with Crippen LogP contribution in [-0.2, 0) is 10.1 Å². The summed E-state index contributed by atoms with van der Waals surface area (Å²) in [6, 6.07) is 1.11. The summed E-state index contributed by atoms with van der Waals surface area (Å²) in [4.78, 5) is 3.27. The third kappa shape index (κ3) is 3.83. The SMILES string of the molecule is O=S(=O)(O)c1cnc(Br)c(Cl)c1.[NaH]. The first-order valence-corrected chi connectivity index (χ1v) is 5.31. The van der Waals surface area contributed by atoms with Gasteiger partial charge in [0.05, 0.1) is 5.02 Å². The molecule has 0 saturated heterocycles. The van der Waals surface area contributed by atoms with Gasteiger partial charge in [0, 0.05) is 6.20 Å². The maximum absolute atomic E-state index is 10.5. The second-order valence-corrected chi connectivity index (χ2v) is 4.50. The molecular weight excluding hydrogens is 292 g/mol.